The zero-order chi connectivity index (χ0) is 14.5. The molecule has 0 bridgehead atoms. The standard InChI is InChI=1S/C15H21N3O2/c1-11(19)18(2)10-12-4-3-5-14(6-12)17-15(20)7-13-8-16-9-13/h3-6,13,16H,7-10H2,1-2H3,(H,17,20). The maximum Gasteiger partial charge on any atom is 0.224 e. The van der Waals surface area contributed by atoms with Crippen molar-refractivity contribution in [2.75, 3.05) is 25.5 Å². The molecule has 2 N–H and O–H groups in total. The van der Waals surface area contributed by atoms with E-state index in [-0.39, 0.29) is 11.8 Å². The third-order valence-electron chi connectivity index (χ3n) is 3.51. The maximum atomic E-state index is 11.9. The van der Waals surface area contributed by atoms with Gasteiger partial charge in [-0.25, -0.2) is 0 Å². The van der Waals surface area contributed by atoms with Gasteiger partial charge in [-0.2, -0.15) is 0 Å². The zero-order valence-electron chi connectivity index (χ0n) is 12.0. The predicted octanol–water partition coefficient (Wildman–Crippen LogP) is 1.21. The first-order valence-corrected chi connectivity index (χ1v) is 6.86. The molecule has 5 heteroatoms. The highest BCUT2D eigenvalue weighted by molar-refractivity contribution is 5.91. The molecule has 0 aromatic heterocycles. The van der Waals surface area contributed by atoms with E-state index in [1.807, 2.05) is 24.3 Å². The summed E-state index contributed by atoms with van der Waals surface area (Å²) >= 11 is 0. The number of nitrogens with zero attached hydrogens (tertiary/aromatic N) is 1. The molecule has 1 aliphatic heterocycles. The minimum Gasteiger partial charge on any atom is -0.342 e. The van der Waals surface area contributed by atoms with Crippen molar-refractivity contribution >= 4 is 17.5 Å². The smallest absolute Gasteiger partial charge is 0.224 e. The Kier molecular flexibility index (Phi) is 4.74. The van der Waals surface area contributed by atoms with Gasteiger partial charge in [-0.05, 0) is 36.7 Å². The molecule has 1 aromatic carbocycles. The first kappa shape index (κ1) is 14.5. The van der Waals surface area contributed by atoms with Crippen LogP contribution in [0.4, 0.5) is 5.69 Å². The molecule has 2 rings (SSSR count). The van der Waals surface area contributed by atoms with Gasteiger partial charge in [0.2, 0.25) is 11.8 Å². The monoisotopic (exact) mass is 275 g/mol. The highest BCUT2D eigenvalue weighted by atomic mass is 16.2. The van der Waals surface area contributed by atoms with E-state index < -0.39 is 0 Å². The van der Waals surface area contributed by atoms with Crippen molar-refractivity contribution < 1.29 is 9.59 Å². The summed E-state index contributed by atoms with van der Waals surface area (Å²) in [7, 11) is 1.76. The number of hydrogen-bond acceptors (Lipinski definition) is 3. The number of carbonyl (C=O) groups is 2. The average Bonchev–Trinajstić information content (AvgIpc) is 2.34. The third kappa shape index (κ3) is 4.06. The number of anilines is 1. The van der Waals surface area contributed by atoms with Gasteiger partial charge in [0.1, 0.15) is 0 Å². The molecule has 1 aromatic rings. The van der Waals surface area contributed by atoms with Gasteiger partial charge in [-0.1, -0.05) is 12.1 Å². The summed E-state index contributed by atoms with van der Waals surface area (Å²) < 4.78 is 0. The Morgan fingerprint density at radius 2 is 2.15 bits per heavy atom. The van der Waals surface area contributed by atoms with Crippen LogP contribution in [0.15, 0.2) is 24.3 Å². The van der Waals surface area contributed by atoms with Crippen LogP contribution < -0.4 is 10.6 Å². The lowest BCUT2D eigenvalue weighted by molar-refractivity contribution is -0.128. The molecule has 0 aliphatic carbocycles. The Hall–Kier alpha value is -1.88. The van der Waals surface area contributed by atoms with Gasteiger partial charge in [-0.15, -0.1) is 0 Å². The zero-order valence-corrected chi connectivity index (χ0v) is 12.0. The molecule has 1 fully saturated rings. The number of hydrogen-bond donors (Lipinski definition) is 2. The summed E-state index contributed by atoms with van der Waals surface area (Å²) in [4.78, 5) is 24.7. The van der Waals surface area contributed by atoms with Crippen molar-refractivity contribution in [2.45, 2.75) is 19.9 Å². The second-order valence-corrected chi connectivity index (χ2v) is 5.35. The van der Waals surface area contributed by atoms with E-state index in [1.54, 1.807) is 11.9 Å². The van der Waals surface area contributed by atoms with Gasteiger partial charge >= 0.3 is 0 Å². The van der Waals surface area contributed by atoms with Crippen LogP contribution >= 0.6 is 0 Å². The van der Waals surface area contributed by atoms with Gasteiger partial charge in [0.25, 0.3) is 0 Å². The fourth-order valence-corrected chi connectivity index (χ4v) is 2.10. The molecule has 5 nitrogen and oxygen atoms in total. The minimum atomic E-state index is 0.0249. The molecule has 1 heterocycles. The molecule has 0 spiro atoms. The highest BCUT2D eigenvalue weighted by Gasteiger charge is 2.20. The van der Waals surface area contributed by atoms with E-state index in [0.29, 0.717) is 18.9 Å². The van der Waals surface area contributed by atoms with Gasteiger partial charge in [0.05, 0.1) is 0 Å². The van der Waals surface area contributed by atoms with Crippen molar-refractivity contribution in [3.05, 3.63) is 29.8 Å². The molecule has 108 valence electrons. The maximum absolute atomic E-state index is 11.9. The molecule has 2 amide bonds. The number of rotatable bonds is 5. The minimum absolute atomic E-state index is 0.0249. The van der Waals surface area contributed by atoms with Crippen LogP contribution in [0.2, 0.25) is 0 Å². The van der Waals surface area contributed by atoms with E-state index in [9.17, 15) is 9.59 Å². The van der Waals surface area contributed by atoms with E-state index >= 15 is 0 Å². The van der Waals surface area contributed by atoms with Crippen LogP contribution in [0.25, 0.3) is 0 Å². The van der Waals surface area contributed by atoms with Crippen LogP contribution in [-0.2, 0) is 16.1 Å². The summed E-state index contributed by atoms with van der Waals surface area (Å²) in [5.41, 5.74) is 1.79. The number of nitrogens with one attached hydrogen (secondary N) is 2. The van der Waals surface area contributed by atoms with E-state index in [1.165, 1.54) is 6.92 Å². The summed E-state index contributed by atoms with van der Waals surface area (Å²) in [6.45, 7) is 3.94. The van der Waals surface area contributed by atoms with Gasteiger partial charge < -0.3 is 15.5 Å². The van der Waals surface area contributed by atoms with Crippen LogP contribution in [0.3, 0.4) is 0 Å². The van der Waals surface area contributed by atoms with Crippen molar-refractivity contribution in [2.24, 2.45) is 5.92 Å². The molecule has 0 unspecified atom stereocenters. The van der Waals surface area contributed by atoms with Crippen molar-refractivity contribution in [3.63, 3.8) is 0 Å². The number of benzene rings is 1. The van der Waals surface area contributed by atoms with Crippen LogP contribution in [-0.4, -0.2) is 36.9 Å². The average molecular weight is 275 g/mol. The Balaban J connectivity index is 1.91. The Labute approximate surface area is 119 Å². The summed E-state index contributed by atoms with van der Waals surface area (Å²) in [5, 5.41) is 6.07. The third-order valence-corrected chi connectivity index (χ3v) is 3.51. The Bertz CT molecular complexity index is 498. The largest absolute Gasteiger partial charge is 0.342 e. The topological polar surface area (TPSA) is 61.4 Å². The highest BCUT2D eigenvalue weighted by Crippen LogP contribution is 2.15. The Morgan fingerprint density at radius 1 is 1.40 bits per heavy atom. The molecular formula is C15H21N3O2. The molecule has 0 saturated carbocycles. The van der Waals surface area contributed by atoms with E-state index in [4.69, 9.17) is 0 Å². The van der Waals surface area contributed by atoms with Gasteiger partial charge in [-0.3, -0.25) is 9.59 Å². The lowest BCUT2D eigenvalue weighted by Crippen LogP contribution is -2.43. The van der Waals surface area contributed by atoms with Crippen molar-refractivity contribution in [3.8, 4) is 0 Å². The van der Waals surface area contributed by atoms with Crippen LogP contribution in [0.5, 0.6) is 0 Å². The second-order valence-electron chi connectivity index (χ2n) is 5.35. The summed E-state index contributed by atoms with van der Waals surface area (Å²) in [6.07, 6.45) is 0.560. The summed E-state index contributed by atoms with van der Waals surface area (Å²) in [6, 6.07) is 7.62. The fourth-order valence-electron chi connectivity index (χ4n) is 2.10. The van der Waals surface area contributed by atoms with Crippen LogP contribution in [0.1, 0.15) is 18.9 Å². The normalized spacial score (nSPS) is 14.5. The summed E-state index contributed by atoms with van der Waals surface area (Å²) in [5.74, 6) is 0.535. The van der Waals surface area contributed by atoms with Gasteiger partial charge in [0.15, 0.2) is 0 Å². The van der Waals surface area contributed by atoms with Crippen molar-refractivity contribution in [1.29, 1.82) is 0 Å². The molecule has 1 saturated heterocycles. The van der Waals surface area contributed by atoms with E-state index in [2.05, 4.69) is 10.6 Å². The molecule has 0 radical (unpaired) electrons. The molecular weight excluding hydrogens is 254 g/mol. The lowest BCUT2D eigenvalue weighted by Gasteiger charge is -2.26. The predicted molar refractivity (Wildman–Crippen MR) is 78.2 cm³/mol. The first-order chi connectivity index (χ1) is 9.54. The lowest BCUT2D eigenvalue weighted by atomic mass is 9.99. The SMILES string of the molecule is CC(=O)N(C)Cc1cccc(NC(=O)CC2CNC2)c1. The number of carbonyl (C=O) groups excluding carboxylic acids is 2. The molecule has 1 aliphatic rings. The molecule has 20 heavy (non-hydrogen) atoms. The molecule has 0 atom stereocenters. The van der Waals surface area contributed by atoms with E-state index in [0.717, 1.165) is 24.3 Å². The quantitative estimate of drug-likeness (QED) is 0.849. The number of amides is 2. The van der Waals surface area contributed by atoms with Gasteiger partial charge in [0, 0.05) is 32.6 Å². The fraction of sp³-hybridized carbons (Fsp3) is 0.467. The van der Waals surface area contributed by atoms with Crippen molar-refractivity contribution in [1.82, 2.24) is 10.2 Å². The first-order valence-electron chi connectivity index (χ1n) is 6.86. The van der Waals surface area contributed by atoms with Crippen LogP contribution in [0, 0.1) is 5.92 Å². The second kappa shape index (κ2) is 6.52. The Morgan fingerprint density at radius 3 is 2.75 bits per heavy atom.